The molecule has 6 heteroatoms. The number of carbonyl (C=O) groups excluding carboxylic acids is 1. The Morgan fingerprint density at radius 2 is 2.00 bits per heavy atom. The lowest BCUT2D eigenvalue weighted by molar-refractivity contribution is -0.120. The van der Waals surface area contributed by atoms with Gasteiger partial charge in [-0.3, -0.25) is 4.79 Å². The maximum atomic E-state index is 12.0. The van der Waals surface area contributed by atoms with E-state index in [1.807, 2.05) is 24.3 Å². The van der Waals surface area contributed by atoms with Crippen molar-refractivity contribution in [2.75, 3.05) is 7.11 Å². The van der Waals surface area contributed by atoms with Gasteiger partial charge in [0.2, 0.25) is 5.91 Å². The summed E-state index contributed by atoms with van der Waals surface area (Å²) in [6.07, 6.45) is 0.239. The van der Waals surface area contributed by atoms with Crippen molar-refractivity contribution in [1.29, 1.82) is 0 Å². The second-order valence-corrected chi connectivity index (χ2v) is 5.19. The van der Waals surface area contributed by atoms with E-state index < -0.39 is 5.97 Å². The monoisotopic (exact) mass is 317 g/mol. The van der Waals surface area contributed by atoms with E-state index in [1.54, 1.807) is 14.0 Å². The third-order valence-electron chi connectivity index (χ3n) is 3.33. The number of rotatable bonds is 7. The van der Waals surface area contributed by atoms with Crippen molar-refractivity contribution in [3.8, 4) is 0 Å². The highest BCUT2D eigenvalue weighted by atomic mass is 16.5. The molecule has 122 valence electrons. The van der Waals surface area contributed by atoms with Gasteiger partial charge in [0.05, 0.1) is 19.6 Å². The molecule has 23 heavy (non-hydrogen) atoms. The summed E-state index contributed by atoms with van der Waals surface area (Å²) in [5.74, 6) is -0.459. The molecule has 2 aromatic rings. The van der Waals surface area contributed by atoms with Crippen molar-refractivity contribution in [2.45, 2.75) is 26.5 Å². The minimum absolute atomic E-state index is 0.113. The zero-order chi connectivity index (χ0) is 16.8. The Labute approximate surface area is 134 Å². The molecule has 0 unspecified atom stereocenters. The summed E-state index contributed by atoms with van der Waals surface area (Å²) in [7, 11) is 1.62. The molecule has 0 saturated heterocycles. The van der Waals surface area contributed by atoms with Crippen molar-refractivity contribution >= 4 is 11.9 Å². The average Bonchev–Trinajstić information content (AvgIpc) is 2.87. The van der Waals surface area contributed by atoms with Gasteiger partial charge in [-0.1, -0.05) is 24.3 Å². The Morgan fingerprint density at radius 1 is 1.26 bits per heavy atom. The molecule has 0 aliphatic heterocycles. The van der Waals surface area contributed by atoms with Crippen LogP contribution in [0.5, 0.6) is 0 Å². The van der Waals surface area contributed by atoms with Crippen molar-refractivity contribution in [2.24, 2.45) is 0 Å². The normalized spacial score (nSPS) is 10.5. The minimum Gasteiger partial charge on any atom is -0.478 e. The van der Waals surface area contributed by atoms with Crippen LogP contribution in [0.4, 0.5) is 0 Å². The van der Waals surface area contributed by atoms with Crippen LogP contribution in [-0.4, -0.2) is 24.1 Å². The number of hydrogen-bond donors (Lipinski definition) is 2. The standard InChI is InChI=1S/C17H19NO5/c1-11-15(17(20)21)8-14(23-11)9-18-16(19)7-12-4-3-5-13(6-12)10-22-2/h3-6,8H,7,9-10H2,1-2H3,(H,18,19)(H,20,21). The molecule has 0 saturated carbocycles. The number of aryl methyl sites for hydroxylation is 1. The van der Waals surface area contributed by atoms with Crippen LogP contribution < -0.4 is 5.32 Å². The number of furan rings is 1. The fourth-order valence-electron chi connectivity index (χ4n) is 2.27. The Morgan fingerprint density at radius 3 is 2.65 bits per heavy atom. The summed E-state index contributed by atoms with van der Waals surface area (Å²) in [4.78, 5) is 22.9. The Kier molecular flexibility index (Phi) is 5.54. The summed E-state index contributed by atoms with van der Waals surface area (Å²) in [6, 6.07) is 9.04. The third-order valence-corrected chi connectivity index (χ3v) is 3.33. The van der Waals surface area contributed by atoms with E-state index >= 15 is 0 Å². The van der Waals surface area contributed by atoms with Gasteiger partial charge >= 0.3 is 5.97 Å². The predicted octanol–water partition coefficient (Wildman–Crippen LogP) is 2.29. The van der Waals surface area contributed by atoms with Crippen LogP contribution in [0.2, 0.25) is 0 Å². The molecule has 1 aromatic heterocycles. The van der Waals surface area contributed by atoms with E-state index in [2.05, 4.69) is 5.32 Å². The summed E-state index contributed by atoms with van der Waals surface area (Å²) >= 11 is 0. The number of methoxy groups -OCH3 is 1. The second-order valence-electron chi connectivity index (χ2n) is 5.19. The molecule has 0 bridgehead atoms. The van der Waals surface area contributed by atoms with Gasteiger partial charge in [0.25, 0.3) is 0 Å². The van der Waals surface area contributed by atoms with Crippen LogP contribution in [0.1, 0.15) is 33.0 Å². The third kappa shape index (κ3) is 4.69. The lowest BCUT2D eigenvalue weighted by Gasteiger charge is -2.05. The first-order valence-electron chi connectivity index (χ1n) is 7.15. The summed E-state index contributed by atoms with van der Waals surface area (Å²) < 4.78 is 10.4. The molecule has 2 rings (SSSR count). The fourth-order valence-corrected chi connectivity index (χ4v) is 2.27. The lowest BCUT2D eigenvalue weighted by Crippen LogP contribution is -2.24. The van der Waals surface area contributed by atoms with E-state index in [4.69, 9.17) is 14.3 Å². The van der Waals surface area contributed by atoms with E-state index in [9.17, 15) is 9.59 Å². The number of amides is 1. The zero-order valence-corrected chi connectivity index (χ0v) is 13.1. The van der Waals surface area contributed by atoms with Gasteiger partial charge in [-0.25, -0.2) is 4.79 Å². The molecular weight excluding hydrogens is 298 g/mol. The highest BCUT2D eigenvalue weighted by Gasteiger charge is 2.14. The van der Waals surface area contributed by atoms with E-state index in [1.165, 1.54) is 6.07 Å². The minimum atomic E-state index is -1.04. The van der Waals surface area contributed by atoms with Crippen LogP contribution >= 0.6 is 0 Å². The number of carboxylic acid groups (broad SMARTS) is 1. The van der Waals surface area contributed by atoms with Crippen LogP contribution in [0.25, 0.3) is 0 Å². The zero-order valence-electron chi connectivity index (χ0n) is 13.1. The number of benzene rings is 1. The molecule has 0 fully saturated rings. The molecule has 1 amide bonds. The fraction of sp³-hybridized carbons (Fsp3) is 0.294. The second kappa shape index (κ2) is 7.60. The molecule has 1 heterocycles. The number of carbonyl (C=O) groups is 2. The first-order valence-corrected chi connectivity index (χ1v) is 7.15. The van der Waals surface area contributed by atoms with Crippen LogP contribution in [-0.2, 0) is 29.1 Å². The van der Waals surface area contributed by atoms with Crippen LogP contribution in [0.3, 0.4) is 0 Å². The van der Waals surface area contributed by atoms with Gasteiger partial charge in [-0.05, 0) is 24.1 Å². The molecule has 2 N–H and O–H groups in total. The largest absolute Gasteiger partial charge is 0.478 e. The Bertz CT molecular complexity index is 705. The van der Waals surface area contributed by atoms with Crippen LogP contribution in [0.15, 0.2) is 34.7 Å². The van der Waals surface area contributed by atoms with Crippen molar-refractivity contribution in [3.05, 3.63) is 58.5 Å². The van der Waals surface area contributed by atoms with Gasteiger partial charge in [-0.15, -0.1) is 0 Å². The maximum absolute atomic E-state index is 12.0. The lowest BCUT2D eigenvalue weighted by atomic mass is 10.1. The van der Waals surface area contributed by atoms with Crippen molar-refractivity contribution in [3.63, 3.8) is 0 Å². The first-order chi connectivity index (χ1) is 11.0. The Balaban J connectivity index is 1.91. The number of carboxylic acids is 1. The quantitative estimate of drug-likeness (QED) is 0.818. The number of ether oxygens (including phenoxy) is 1. The van der Waals surface area contributed by atoms with Crippen molar-refractivity contribution in [1.82, 2.24) is 5.32 Å². The van der Waals surface area contributed by atoms with Gasteiger partial charge < -0.3 is 19.6 Å². The van der Waals surface area contributed by atoms with Gasteiger partial charge in [0.15, 0.2) is 0 Å². The highest BCUT2D eigenvalue weighted by Crippen LogP contribution is 2.14. The van der Waals surface area contributed by atoms with E-state index in [0.29, 0.717) is 18.1 Å². The summed E-state index contributed by atoms with van der Waals surface area (Å²) in [6.45, 7) is 2.24. The number of hydrogen-bond acceptors (Lipinski definition) is 4. The molecule has 6 nitrogen and oxygen atoms in total. The smallest absolute Gasteiger partial charge is 0.339 e. The first kappa shape index (κ1) is 16.8. The molecule has 1 aromatic carbocycles. The maximum Gasteiger partial charge on any atom is 0.339 e. The molecule has 0 aliphatic carbocycles. The average molecular weight is 317 g/mol. The summed E-state index contributed by atoms with van der Waals surface area (Å²) in [5.41, 5.74) is 2.01. The Hall–Kier alpha value is -2.60. The van der Waals surface area contributed by atoms with E-state index in [-0.39, 0.29) is 24.4 Å². The van der Waals surface area contributed by atoms with Crippen LogP contribution in [0, 0.1) is 6.92 Å². The molecule has 0 radical (unpaired) electrons. The summed E-state index contributed by atoms with van der Waals surface area (Å²) in [5, 5.41) is 11.7. The molecule has 0 atom stereocenters. The molecular formula is C17H19NO5. The molecule has 0 spiro atoms. The highest BCUT2D eigenvalue weighted by molar-refractivity contribution is 5.88. The van der Waals surface area contributed by atoms with Crippen molar-refractivity contribution < 1.29 is 23.8 Å². The molecule has 0 aliphatic rings. The topological polar surface area (TPSA) is 88.8 Å². The predicted molar refractivity (Wildman–Crippen MR) is 83.1 cm³/mol. The SMILES string of the molecule is COCc1cccc(CC(=O)NCc2cc(C(=O)O)c(C)o2)c1. The van der Waals surface area contributed by atoms with Gasteiger partial charge in [0.1, 0.15) is 17.1 Å². The number of aromatic carboxylic acids is 1. The number of nitrogens with one attached hydrogen (secondary N) is 1. The van der Waals surface area contributed by atoms with Gasteiger partial charge in [-0.2, -0.15) is 0 Å². The van der Waals surface area contributed by atoms with E-state index in [0.717, 1.165) is 11.1 Å². The van der Waals surface area contributed by atoms with Gasteiger partial charge in [0, 0.05) is 7.11 Å².